The van der Waals surface area contributed by atoms with Gasteiger partial charge in [-0.2, -0.15) is 5.10 Å². The van der Waals surface area contributed by atoms with Gasteiger partial charge in [0.2, 0.25) is 0 Å². The zero-order valence-corrected chi connectivity index (χ0v) is 13.0. The van der Waals surface area contributed by atoms with Gasteiger partial charge in [-0.05, 0) is 37.1 Å². The minimum absolute atomic E-state index is 0.0194. The summed E-state index contributed by atoms with van der Waals surface area (Å²) in [7, 11) is 0. The van der Waals surface area contributed by atoms with Crippen LogP contribution >= 0.6 is 23.2 Å². The van der Waals surface area contributed by atoms with Crippen molar-refractivity contribution in [2.45, 2.75) is 33.2 Å². The van der Waals surface area contributed by atoms with Crippen molar-refractivity contribution in [2.75, 3.05) is 0 Å². The Morgan fingerprint density at radius 2 is 1.90 bits per heavy atom. The van der Waals surface area contributed by atoms with Crippen molar-refractivity contribution in [1.82, 2.24) is 9.78 Å². The molecule has 0 amide bonds. The maximum Gasteiger partial charge on any atom is 0.185 e. The molecule has 0 spiro atoms. The molecule has 2 aromatic rings. The van der Waals surface area contributed by atoms with Crippen molar-refractivity contribution in [3.05, 3.63) is 51.3 Å². The fraction of sp³-hybridized carbons (Fsp3) is 0.333. The van der Waals surface area contributed by atoms with Gasteiger partial charge in [0.05, 0.1) is 5.69 Å². The van der Waals surface area contributed by atoms with Gasteiger partial charge in [0.1, 0.15) is 5.69 Å². The Kier molecular flexibility index (Phi) is 4.84. The van der Waals surface area contributed by atoms with Gasteiger partial charge in [-0.15, -0.1) is 0 Å². The van der Waals surface area contributed by atoms with Gasteiger partial charge in [-0.3, -0.25) is 9.48 Å². The number of hydrogen-bond acceptors (Lipinski definition) is 2. The van der Waals surface area contributed by atoms with E-state index in [9.17, 15) is 4.79 Å². The summed E-state index contributed by atoms with van der Waals surface area (Å²) in [5, 5.41) is 5.42. The first-order valence-corrected chi connectivity index (χ1v) is 7.35. The molecule has 0 unspecified atom stereocenters. The molecule has 0 radical (unpaired) electrons. The summed E-state index contributed by atoms with van der Waals surface area (Å²) in [5.41, 5.74) is 2.20. The van der Waals surface area contributed by atoms with Crippen LogP contribution in [0, 0.1) is 0 Å². The molecule has 1 heterocycles. The number of ketones is 1. The largest absolute Gasteiger partial charge is 0.292 e. The number of rotatable bonds is 5. The Bertz CT molecular complexity index is 615. The van der Waals surface area contributed by atoms with Gasteiger partial charge in [-0.1, -0.05) is 36.2 Å². The Morgan fingerprint density at radius 3 is 2.45 bits per heavy atom. The van der Waals surface area contributed by atoms with Crippen molar-refractivity contribution < 1.29 is 4.79 Å². The monoisotopic (exact) mass is 310 g/mol. The molecule has 0 fully saturated rings. The van der Waals surface area contributed by atoms with Gasteiger partial charge in [0.25, 0.3) is 0 Å². The van der Waals surface area contributed by atoms with Crippen LogP contribution in [0.15, 0.2) is 24.3 Å². The number of nitrogens with zero attached hydrogens (tertiary/aromatic N) is 2. The third kappa shape index (κ3) is 3.05. The maximum atomic E-state index is 12.4. The molecule has 0 aliphatic carbocycles. The van der Waals surface area contributed by atoms with Gasteiger partial charge in [0.15, 0.2) is 5.78 Å². The van der Waals surface area contributed by atoms with Crippen LogP contribution in [0.3, 0.4) is 0 Å². The van der Waals surface area contributed by atoms with Crippen molar-refractivity contribution in [3.63, 3.8) is 0 Å². The minimum atomic E-state index is -0.0194. The highest BCUT2D eigenvalue weighted by Crippen LogP contribution is 2.25. The first kappa shape index (κ1) is 15.1. The normalized spacial score (nSPS) is 10.8. The average molecular weight is 311 g/mol. The second-order valence-electron chi connectivity index (χ2n) is 4.49. The number of aromatic nitrogens is 2. The Morgan fingerprint density at radius 1 is 1.25 bits per heavy atom. The van der Waals surface area contributed by atoms with E-state index in [1.165, 1.54) is 0 Å². The topological polar surface area (TPSA) is 34.9 Å². The summed E-state index contributed by atoms with van der Waals surface area (Å²) in [6, 6.07) is 7.09. The Balaban J connectivity index is 2.30. The fourth-order valence-corrected chi connectivity index (χ4v) is 2.59. The molecule has 0 saturated carbocycles. The van der Waals surface area contributed by atoms with Crippen molar-refractivity contribution in [2.24, 2.45) is 0 Å². The number of halogens is 2. The highest BCUT2D eigenvalue weighted by atomic mass is 35.5. The van der Waals surface area contributed by atoms with Crippen LogP contribution in [0.4, 0.5) is 0 Å². The van der Waals surface area contributed by atoms with E-state index < -0.39 is 0 Å². The molecule has 20 heavy (non-hydrogen) atoms. The lowest BCUT2D eigenvalue weighted by Gasteiger charge is -2.07. The maximum absolute atomic E-state index is 12.4. The van der Waals surface area contributed by atoms with E-state index in [1.807, 2.05) is 19.9 Å². The third-order valence-corrected chi connectivity index (χ3v) is 3.89. The lowest BCUT2D eigenvalue weighted by atomic mass is 10.1. The Labute approximate surface area is 128 Å². The summed E-state index contributed by atoms with van der Waals surface area (Å²) in [6.07, 6.45) is 0.994. The molecular formula is C15H16Cl2N2O. The van der Waals surface area contributed by atoms with E-state index >= 15 is 0 Å². The lowest BCUT2D eigenvalue weighted by Crippen LogP contribution is -2.12. The molecule has 0 N–H and O–H groups in total. The van der Waals surface area contributed by atoms with Crippen molar-refractivity contribution in [3.8, 4) is 0 Å². The zero-order valence-electron chi connectivity index (χ0n) is 11.5. The molecule has 0 aliphatic rings. The van der Waals surface area contributed by atoms with Gasteiger partial charge < -0.3 is 0 Å². The van der Waals surface area contributed by atoms with Crippen LogP contribution in [-0.4, -0.2) is 15.6 Å². The second-order valence-corrected chi connectivity index (χ2v) is 5.30. The van der Waals surface area contributed by atoms with Gasteiger partial charge in [0, 0.05) is 23.0 Å². The quantitative estimate of drug-likeness (QED) is 0.776. The van der Waals surface area contributed by atoms with Crippen LogP contribution in [0.5, 0.6) is 0 Å². The van der Waals surface area contributed by atoms with E-state index in [0.29, 0.717) is 27.8 Å². The van der Waals surface area contributed by atoms with Gasteiger partial charge >= 0.3 is 0 Å². The molecule has 0 bridgehead atoms. The van der Waals surface area contributed by atoms with Crippen LogP contribution in [0.25, 0.3) is 0 Å². The van der Waals surface area contributed by atoms with Crippen LogP contribution in [0.1, 0.15) is 35.6 Å². The molecule has 0 aliphatic heterocycles. The number of carbonyl (C=O) groups is 1. The van der Waals surface area contributed by atoms with E-state index in [-0.39, 0.29) is 12.2 Å². The van der Waals surface area contributed by atoms with Crippen LogP contribution < -0.4 is 0 Å². The summed E-state index contributed by atoms with van der Waals surface area (Å²) in [4.78, 5) is 12.4. The van der Waals surface area contributed by atoms with Crippen molar-refractivity contribution in [1.29, 1.82) is 0 Å². The fourth-order valence-electron chi connectivity index (χ4n) is 2.06. The van der Waals surface area contributed by atoms with Crippen LogP contribution in [-0.2, 0) is 19.4 Å². The molecular weight excluding hydrogens is 295 g/mol. The second kappa shape index (κ2) is 6.42. The van der Waals surface area contributed by atoms with E-state index in [2.05, 4.69) is 5.10 Å². The summed E-state index contributed by atoms with van der Waals surface area (Å²) in [6.45, 7) is 4.64. The molecule has 0 saturated heterocycles. The molecule has 106 valence electrons. The standard InChI is InChI=1S/C15H16Cl2N2O/c1-3-10-8-14(19(4-2)18-10)15(20)9-11-12(16)6-5-7-13(11)17/h5-8H,3-4,9H2,1-2H3. The zero-order chi connectivity index (χ0) is 14.7. The average Bonchev–Trinajstić information content (AvgIpc) is 2.86. The predicted octanol–water partition coefficient (Wildman–Crippen LogP) is 4.20. The molecule has 5 heteroatoms. The molecule has 1 aromatic carbocycles. The number of hydrogen-bond donors (Lipinski definition) is 0. The number of benzene rings is 1. The predicted molar refractivity (Wildman–Crippen MR) is 81.8 cm³/mol. The molecule has 0 atom stereocenters. The molecule has 1 aromatic heterocycles. The van der Waals surface area contributed by atoms with E-state index in [0.717, 1.165) is 12.1 Å². The summed E-state index contributed by atoms with van der Waals surface area (Å²) < 4.78 is 1.73. The first-order chi connectivity index (χ1) is 9.56. The first-order valence-electron chi connectivity index (χ1n) is 6.59. The van der Waals surface area contributed by atoms with Crippen molar-refractivity contribution >= 4 is 29.0 Å². The third-order valence-electron chi connectivity index (χ3n) is 3.18. The highest BCUT2D eigenvalue weighted by Gasteiger charge is 2.17. The smallest absolute Gasteiger partial charge is 0.185 e. The summed E-state index contributed by atoms with van der Waals surface area (Å²) >= 11 is 12.2. The van der Waals surface area contributed by atoms with Crippen LogP contribution in [0.2, 0.25) is 10.0 Å². The number of carbonyl (C=O) groups excluding carboxylic acids is 1. The van der Waals surface area contributed by atoms with E-state index in [4.69, 9.17) is 23.2 Å². The number of aryl methyl sites for hydroxylation is 2. The SMILES string of the molecule is CCc1cc(C(=O)Cc2c(Cl)cccc2Cl)n(CC)n1. The van der Waals surface area contributed by atoms with Gasteiger partial charge in [-0.25, -0.2) is 0 Å². The molecule has 2 rings (SSSR count). The minimum Gasteiger partial charge on any atom is -0.292 e. The number of Topliss-reactive ketones (excluding diaryl/α,β-unsaturated/α-hetero) is 1. The highest BCUT2D eigenvalue weighted by molar-refractivity contribution is 6.36. The summed E-state index contributed by atoms with van der Waals surface area (Å²) in [5.74, 6) is -0.0194. The Hall–Kier alpha value is -1.32. The lowest BCUT2D eigenvalue weighted by molar-refractivity contribution is 0.0983. The van der Waals surface area contributed by atoms with E-state index in [1.54, 1.807) is 22.9 Å². The molecule has 3 nitrogen and oxygen atoms in total.